The molecule has 5 heteroatoms. The second-order valence-corrected chi connectivity index (χ2v) is 5.80. The van der Waals surface area contributed by atoms with Crippen molar-refractivity contribution >= 4 is 5.82 Å². The van der Waals surface area contributed by atoms with Crippen LogP contribution in [0, 0.1) is 6.92 Å². The third-order valence-electron chi connectivity index (χ3n) is 3.87. The van der Waals surface area contributed by atoms with Crippen molar-refractivity contribution in [2.45, 2.75) is 39.8 Å². The fraction of sp³-hybridized carbons (Fsp3) is 0.733. The first-order chi connectivity index (χ1) is 9.58. The minimum Gasteiger partial charge on any atom is -0.370 e. The molecule has 2 heterocycles. The molecule has 1 aromatic heterocycles. The van der Waals surface area contributed by atoms with Gasteiger partial charge in [-0.15, -0.1) is 0 Å². The van der Waals surface area contributed by atoms with Gasteiger partial charge in [-0.25, -0.2) is 9.97 Å². The van der Waals surface area contributed by atoms with Gasteiger partial charge in [-0.1, -0.05) is 6.92 Å². The summed E-state index contributed by atoms with van der Waals surface area (Å²) in [5, 5.41) is 3.35. The highest BCUT2D eigenvalue weighted by molar-refractivity contribution is 5.35. The van der Waals surface area contributed by atoms with Crippen LogP contribution in [0.2, 0.25) is 0 Å². The Balaban J connectivity index is 1.99. The third-order valence-corrected chi connectivity index (χ3v) is 3.87. The van der Waals surface area contributed by atoms with Crippen molar-refractivity contribution in [2.75, 3.05) is 38.5 Å². The normalized spacial score (nSPS) is 21.1. The van der Waals surface area contributed by atoms with Gasteiger partial charge in [0.15, 0.2) is 0 Å². The minimum absolute atomic E-state index is 0.603. The van der Waals surface area contributed by atoms with Gasteiger partial charge in [-0.05, 0) is 27.3 Å². The van der Waals surface area contributed by atoms with Crippen molar-refractivity contribution in [3.05, 3.63) is 17.6 Å². The molecule has 1 saturated heterocycles. The number of piperazine rings is 1. The van der Waals surface area contributed by atoms with Crippen LogP contribution in [0.5, 0.6) is 0 Å². The molecule has 1 unspecified atom stereocenters. The van der Waals surface area contributed by atoms with Crippen molar-refractivity contribution < 1.29 is 0 Å². The summed E-state index contributed by atoms with van der Waals surface area (Å²) in [6.45, 7) is 11.6. The summed E-state index contributed by atoms with van der Waals surface area (Å²) in [7, 11) is 2.19. The molecule has 20 heavy (non-hydrogen) atoms. The predicted octanol–water partition coefficient (Wildman–Crippen LogP) is 1.74. The zero-order chi connectivity index (χ0) is 14.5. The van der Waals surface area contributed by atoms with Gasteiger partial charge in [0.2, 0.25) is 0 Å². The molecule has 0 aromatic carbocycles. The fourth-order valence-electron chi connectivity index (χ4n) is 2.51. The first-order valence-corrected chi connectivity index (χ1v) is 7.59. The summed E-state index contributed by atoms with van der Waals surface area (Å²) in [6, 6.07) is 2.62. The zero-order valence-corrected chi connectivity index (χ0v) is 13.2. The maximum absolute atomic E-state index is 4.63. The number of hydrogen-bond acceptors (Lipinski definition) is 5. The summed E-state index contributed by atoms with van der Waals surface area (Å²) in [5.41, 5.74) is 1.04. The van der Waals surface area contributed by atoms with E-state index in [0.717, 1.165) is 56.5 Å². The number of nitrogens with zero attached hydrogens (tertiary/aromatic N) is 4. The SMILES string of the molecule is CCCNc1cc(C)nc(CN2CCN(C)C(C)C2)n1. The monoisotopic (exact) mass is 277 g/mol. The van der Waals surface area contributed by atoms with Crippen molar-refractivity contribution in [3.8, 4) is 0 Å². The number of aryl methyl sites for hydroxylation is 1. The Bertz CT molecular complexity index is 434. The van der Waals surface area contributed by atoms with E-state index in [-0.39, 0.29) is 0 Å². The van der Waals surface area contributed by atoms with E-state index in [1.54, 1.807) is 0 Å². The molecular weight excluding hydrogens is 250 g/mol. The number of hydrogen-bond donors (Lipinski definition) is 1. The molecule has 0 saturated carbocycles. The first kappa shape index (κ1) is 15.2. The number of nitrogens with one attached hydrogen (secondary N) is 1. The highest BCUT2D eigenvalue weighted by Gasteiger charge is 2.21. The molecule has 0 radical (unpaired) electrons. The average Bonchev–Trinajstić information content (AvgIpc) is 2.40. The lowest BCUT2D eigenvalue weighted by Crippen LogP contribution is -2.49. The Hall–Kier alpha value is -1.20. The van der Waals surface area contributed by atoms with Crippen molar-refractivity contribution in [2.24, 2.45) is 0 Å². The highest BCUT2D eigenvalue weighted by atomic mass is 15.3. The lowest BCUT2D eigenvalue weighted by molar-refractivity contribution is 0.0980. The van der Waals surface area contributed by atoms with Crippen molar-refractivity contribution in [1.29, 1.82) is 0 Å². The standard InChI is InChI=1S/C15H27N5/c1-5-6-16-14-9-12(2)17-15(18-14)11-20-8-7-19(4)13(3)10-20/h9,13H,5-8,10-11H2,1-4H3,(H,16,17,18). The third kappa shape index (κ3) is 4.15. The van der Waals surface area contributed by atoms with Crippen LogP contribution in [0.4, 0.5) is 5.82 Å². The van der Waals surface area contributed by atoms with E-state index in [4.69, 9.17) is 0 Å². The number of rotatable bonds is 5. The van der Waals surface area contributed by atoms with Gasteiger partial charge in [0.1, 0.15) is 11.6 Å². The molecule has 0 amide bonds. The second-order valence-electron chi connectivity index (χ2n) is 5.80. The van der Waals surface area contributed by atoms with Gasteiger partial charge >= 0.3 is 0 Å². The molecule has 1 fully saturated rings. The van der Waals surface area contributed by atoms with Crippen LogP contribution in [0.15, 0.2) is 6.07 Å². The summed E-state index contributed by atoms with van der Waals surface area (Å²) in [5.74, 6) is 1.89. The summed E-state index contributed by atoms with van der Waals surface area (Å²) in [6.07, 6.45) is 1.11. The molecule has 1 aliphatic heterocycles. The first-order valence-electron chi connectivity index (χ1n) is 7.59. The van der Waals surface area contributed by atoms with Gasteiger partial charge in [0.05, 0.1) is 6.54 Å². The fourth-order valence-corrected chi connectivity index (χ4v) is 2.51. The van der Waals surface area contributed by atoms with Crippen LogP contribution in [0.25, 0.3) is 0 Å². The van der Waals surface area contributed by atoms with Gasteiger partial charge in [0, 0.05) is 44.0 Å². The van der Waals surface area contributed by atoms with Crippen LogP contribution in [-0.4, -0.2) is 59.0 Å². The number of aromatic nitrogens is 2. The Kier molecular flexibility index (Phi) is 5.31. The molecule has 1 aliphatic rings. The van der Waals surface area contributed by atoms with Crippen molar-refractivity contribution in [3.63, 3.8) is 0 Å². The van der Waals surface area contributed by atoms with E-state index in [2.05, 4.69) is 46.0 Å². The van der Waals surface area contributed by atoms with Gasteiger partial charge < -0.3 is 10.2 Å². The smallest absolute Gasteiger partial charge is 0.144 e. The molecule has 1 aromatic rings. The lowest BCUT2D eigenvalue weighted by atomic mass is 10.2. The highest BCUT2D eigenvalue weighted by Crippen LogP contribution is 2.12. The topological polar surface area (TPSA) is 44.3 Å². The zero-order valence-electron chi connectivity index (χ0n) is 13.2. The lowest BCUT2D eigenvalue weighted by Gasteiger charge is -2.37. The van der Waals surface area contributed by atoms with Crippen LogP contribution in [-0.2, 0) is 6.54 Å². The van der Waals surface area contributed by atoms with E-state index < -0.39 is 0 Å². The van der Waals surface area contributed by atoms with E-state index >= 15 is 0 Å². The van der Waals surface area contributed by atoms with Crippen LogP contribution < -0.4 is 5.32 Å². The van der Waals surface area contributed by atoms with Gasteiger partial charge in [0.25, 0.3) is 0 Å². The molecule has 112 valence electrons. The van der Waals surface area contributed by atoms with Crippen LogP contribution in [0.3, 0.4) is 0 Å². The van der Waals surface area contributed by atoms with Gasteiger partial charge in [-0.3, -0.25) is 4.90 Å². The Morgan fingerprint density at radius 1 is 1.35 bits per heavy atom. The summed E-state index contributed by atoms with van der Waals surface area (Å²) in [4.78, 5) is 14.1. The molecule has 1 N–H and O–H groups in total. The molecule has 0 spiro atoms. The molecule has 5 nitrogen and oxygen atoms in total. The van der Waals surface area contributed by atoms with E-state index in [9.17, 15) is 0 Å². The maximum Gasteiger partial charge on any atom is 0.144 e. The number of anilines is 1. The number of likely N-dealkylation sites (N-methyl/N-ethyl adjacent to an activating group) is 1. The van der Waals surface area contributed by atoms with E-state index in [1.807, 2.05) is 13.0 Å². The molecular formula is C15H27N5. The molecule has 0 aliphatic carbocycles. The van der Waals surface area contributed by atoms with Crippen LogP contribution >= 0.6 is 0 Å². The molecule has 0 bridgehead atoms. The largest absolute Gasteiger partial charge is 0.370 e. The summed E-state index contributed by atoms with van der Waals surface area (Å²) < 4.78 is 0. The molecule has 1 atom stereocenters. The maximum atomic E-state index is 4.63. The minimum atomic E-state index is 0.603. The summed E-state index contributed by atoms with van der Waals surface area (Å²) >= 11 is 0. The predicted molar refractivity (Wildman–Crippen MR) is 82.9 cm³/mol. The average molecular weight is 277 g/mol. The Morgan fingerprint density at radius 2 is 2.15 bits per heavy atom. The van der Waals surface area contributed by atoms with Crippen LogP contribution in [0.1, 0.15) is 31.8 Å². The second kappa shape index (κ2) is 6.99. The van der Waals surface area contributed by atoms with E-state index in [1.165, 1.54) is 0 Å². The quantitative estimate of drug-likeness (QED) is 0.888. The Labute approximate surface area is 122 Å². The molecule has 2 rings (SSSR count). The van der Waals surface area contributed by atoms with Crippen molar-refractivity contribution in [1.82, 2.24) is 19.8 Å². The van der Waals surface area contributed by atoms with E-state index in [0.29, 0.717) is 6.04 Å². The Morgan fingerprint density at radius 3 is 2.85 bits per heavy atom. The van der Waals surface area contributed by atoms with Gasteiger partial charge in [-0.2, -0.15) is 0 Å².